The average molecular weight is 368 g/mol. The van der Waals surface area contributed by atoms with Crippen molar-refractivity contribution in [2.75, 3.05) is 33.3 Å². The summed E-state index contributed by atoms with van der Waals surface area (Å²) in [6, 6.07) is 8.60. The first kappa shape index (κ1) is 17.2. The lowest BCUT2D eigenvalue weighted by Gasteiger charge is -2.25. The Morgan fingerprint density at radius 3 is 2.44 bits per heavy atom. The van der Waals surface area contributed by atoms with Crippen LogP contribution in [-0.4, -0.2) is 61.0 Å². The maximum atomic E-state index is 13.1. The van der Waals surface area contributed by atoms with Crippen LogP contribution in [0.15, 0.2) is 24.3 Å². The molecule has 144 valence electrons. The SMILES string of the molecule is CCC(OC)C(=O)N1C[C@@H]2CN(C(=O)C3C4Cc5ccccc5C43)C[C@@H]2C1. The van der Waals surface area contributed by atoms with Gasteiger partial charge in [0.1, 0.15) is 6.10 Å². The molecular formula is C22H28N2O3. The summed E-state index contributed by atoms with van der Waals surface area (Å²) in [5.41, 5.74) is 2.84. The summed E-state index contributed by atoms with van der Waals surface area (Å²) in [6.07, 6.45) is 1.44. The zero-order valence-corrected chi connectivity index (χ0v) is 16.1. The number of benzene rings is 1. The molecule has 0 N–H and O–H groups in total. The molecule has 5 nitrogen and oxygen atoms in total. The molecular weight excluding hydrogens is 340 g/mol. The molecule has 5 rings (SSSR count). The molecule has 0 bridgehead atoms. The minimum absolute atomic E-state index is 0.112. The molecule has 1 aromatic carbocycles. The van der Waals surface area contributed by atoms with Crippen LogP contribution < -0.4 is 0 Å². The molecule has 2 heterocycles. The van der Waals surface area contributed by atoms with Gasteiger partial charge in [0.2, 0.25) is 5.91 Å². The van der Waals surface area contributed by atoms with Gasteiger partial charge in [-0.2, -0.15) is 0 Å². The molecule has 2 aliphatic heterocycles. The Labute approximate surface area is 160 Å². The fraction of sp³-hybridized carbons (Fsp3) is 0.636. The lowest BCUT2D eigenvalue weighted by molar-refractivity contribution is -0.141. The maximum Gasteiger partial charge on any atom is 0.251 e. The fourth-order valence-corrected chi connectivity index (χ4v) is 5.90. The van der Waals surface area contributed by atoms with E-state index in [-0.39, 0.29) is 17.9 Å². The van der Waals surface area contributed by atoms with Crippen LogP contribution >= 0.6 is 0 Å². The molecule has 0 aromatic heterocycles. The van der Waals surface area contributed by atoms with Crippen molar-refractivity contribution >= 4 is 11.8 Å². The number of carbonyl (C=O) groups excluding carboxylic acids is 2. The molecule has 27 heavy (non-hydrogen) atoms. The maximum absolute atomic E-state index is 13.1. The average Bonchev–Trinajstić information content (AvgIpc) is 3.00. The highest BCUT2D eigenvalue weighted by atomic mass is 16.5. The van der Waals surface area contributed by atoms with Gasteiger partial charge in [-0.05, 0) is 35.8 Å². The second-order valence-corrected chi connectivity index (χ2v) is 8.76. The Morgan fingerprint density at radius 1 is 1.11 bits per heavy atom. The lowest BCUT2D eigenvalue weighted by Crippen LogP contribution is -2.41. The van der Waals surface area contributed by atoms with Crippen LogP contribution in [0.25, 0.3) is 0 Å². The summed E-state index contributed by atoms with van der Waals surface area (Å²) in [7, 11) is 1.61. The van der Waals surface area contributed by atoms with Crippen LogP contribution in [-0.2, 0) is 20.7 Å². The Balaban J connectivity index is 1.20. The van der Waals surface area contributed by atoms with Crippen LogP contribution in [0.5, 0.6) is 0 Å². The zero-order valence-electron chi connectivity index (χ0n) is 16.1. The van der Waals surface area contributed by atoms with Gasteiger partial charge < -0.3 is 14.5 Å². The van der Waals surface area contributed by atoms with E-state index in [1.165, 1.54) is 11.1 Å². The van der Waals surface area contributed by atoms with Gasteiger partial charge >= 0.3 is 0 Å². The van der Waals surface area contributed by atoms with Crippen LogP contribution in [0.2, 0.25) is 0 Å². The van der Waals surface area contributed by atoms with Crippen molar-refractivity contribution in [1.82, 2.24) is 9.80 Å². The van der Waals surface area contributed by atoms with Gasteiger partial charge in [0.15, 0.2) is 0 Å². The van der Waals surface area contributed by atoms with Crippen LogP contribution in [0.3, 0.4) is 0 Å². The molecule has 5 heteroatoms. The van der Waals surface area contributed by atoms with E-state index in [4.69, 9.17) is 4.74 Å². The van der Waals surface area contributed by atoms with Crippen molar-refractivity contribution in [2.24, 2.45) is 23.7 Å². The molecule has 6 atom stereocenters. The fourth-order valence-electron chi connectivity index (χ4n) is 5.90. The van der Waals surface area contributed by atoms with E-state index in [2.05, 4.69) is 29.2 Å². The highest BCUT2D eigenvalue weighted by Gasteiger charge is 2.61. The van der Waals surface area contributed by atoms with E-state index in [1.54, 1.807) is 7.11 Å². The second-order valence-electron chi connectivity index (χ2n) is 8.76. The van der Waals surface area contributed by atoms with Crippen molar-refractivity contribution < 1.29 is 14.3 Å². The van der Waals surface area contributed by atoms with Gasteiger partial charge in [-0.1, -0.05) is 31.2 Å². The summed E-state index contributed by atoms with van der Waals surface area (Å²) in [5, 5.41) is 0. The third-order valence-electron chi connectivity index (χ3n) is 7.36. The Kier molecular flexibility index (Phi) is 4.04. The molecule has 4 unspecified atom stereocenters. The Morgan fingerprint density at radius 2 is 1.78 bits per heavy atom. The minimum Gasteiger partial charge on any atom is -0.372 e. The van der Waals surface area contributed by atoms with Crippen LogP contribution in [0.1, 0.15) is 30.4 Å². The number of methoxy groups -OCH3 is 1. The van der Waals surface area contributed by atoms with E-state index < -0.39 is 0 Å². The number of hydrogen-bond acceptors (Lipinski definition) is 3. The van der Waals surface area contributed by atoms with Gasteiger partial charge in [0, 0.05) is 51.0 Å². The van der Waals surface area contributed by atoms with Gasteiger partial charge in [0.25, 0.3) is 5.91 Å². The third-order valence-corrected chi connectivity index (χ3v) is 7.36. The number of fused-ring (bicyclic) bond motifs is 4. The quantitative estimate of drug-likeness (QED) is 0.816. The molecule has 2 aliphatic carbocycles. The number of rotatable bonds is 4. The molecule has 2 saturated heterocycles. The monoisotopic (exact) mass is 368 g/mol. The minimum atomic E-state index is -0.326. The summed E-state index contributed by atoms with van der Waals surface area (Å²) in [4.78, 5) is 29.7. The first-order valence-corrected chi connectivity index (χ1v) is 10.3. The summed E-state index contributed by atoms with van der Waals surface area (Å²) in [5.74, 6) is 2.51. The lowest BCUT2D eigenvalue weighted by atomic mass is 10.0. The molecule has 0 radical (unpaired) electrons. The number of carbonyl (C=O) groups is 2. The number of amides is 2. The first-order chi connectivity index (χ1) is 13.1. The molecule has 0 spiro atoms. The molecule has 2 amide bonds. The van der Waals surface area contributed by atoms with Gasteiger partial charge in [0.05, 0.1) is 0 Å². The van der Waals surface area contributed by atoms with Crippen molar-refractivity contribution in [3.63, 3.8) is 0 Å². The third kappa shape index (κ3) is 2.62. The molecule has 1 saturated carbocycles. The molecule has 3 fully saturated rings. The standard InChI is InChI=1S/C22H28N2O3/c1-3-18(27-2)21(25)23-9-14-11-24(12-15(14)10-23)22(26)20-17-8-13-6-4-5-7-16(13)19(17)20/h4-7,14-15,17-20H,3,8-12H2,1-2H3/t14-,15+,17?,18?,19?,20?. The zero-order chi connectivity index (χ0) is 18.7. The summed E-state index contributed by atoms with van der Waals surface area (Å²) < 4.78 is 5.31. The van der Waals surface area contributed by atoms with E-state index >= 15 is 0 Å². The predicted molar refractivity (Wildman–Crippen MR) is 101 cm³/mol. The molecule has 4 aliphatic rings. The Bertz CT molecular complexity index is 761. The van der Waals surface area contributed by atoms with Gasteiger partial charge in [-0.25, -0.2) is 0 Å². The van der Waals surface area contributed by atoms with Gasteiger partial charge in [-0.15, -0.1) is 0 Å². The summed E-state index contributed by atoms with van der Waals surface area (Å²) >= 11 is 0. The normalized spacial score (nSPS) is 34.2. The Hall–Kier alpha value is -1.88. The van der Waals surface area contributed by atoms with Crippen molar-refractivity contribution in [3.8, 4) is 0 Å². The van der Waals surface area contributed by atoms with Crippen molar-refractivity contribution in [1.29, 1.82) is 0 Å². The van der Waals surface area contributed by atoms with Crippen molar-refractivity contribution in [3.05, 3.63) is 35.4 Å². The largest absolute Gasteiger partial charge is 0.372 e. The van der Waals surface area contributed by atoms with E-state index in [0.717, 1.165) is 32.6 Å². The highest BCUT2D eigenvalue weighted by Crippen LogP contribution is 2.62. The second kappa shape index (κ2) is 6.33. The van der Waals surface area contributed by atoms with Gasteiger partial charge in [-0.3, -0.25) is 9.59 Å². The van der Waals surface area contributed by atoms with Crippen molar-refractivity contribution in [2.45, 2.75) is 31.8 Å². The number of ether oxygens (including phenoxy) is 1. The number of nitrogens with zero attached hydrogens (tertiary/aromatic N) is 2. The predicted octanol–water partition coefficient (Wildman–Crippen LogP) is 1.91. The molecule has 1 aromatic rings. The topological polar surface area (TPSA) is 49.9 Å². The number of hydrogen-bond donors (Lipinski definition) is 0. The van der Waals surface area contributed by atoms with Crippen LogP contribution in [0.4, 0.5) is 0 Å². The number of likely N-dealkylation sites (tertiary alicyclic amines) is 2. The smallest absolute Gasteiger partial charge is 0.251 e. The summed E-state index contributed by atoms with van der Waals surface area (Å²) in [6.45, 7) is 5.15. The van der Waals surface area contributed by atoms with E-state index in [9.17, 15) is 9.59 Å². The first-order valence-electron chi connectivity index (χ1n) is 10.3. The van der Waals surface area contributed by atoms with Crippen LogP contribution in [0, 0.1) is 23.7 Å². The van der Waals surface area contributed by atoms with E-state index in [1.807, 2.05) is 11.8 Å². The highest BCUT2D eigenvalue weighted by molar-refractivity contribution is 5.85. The van der Waals surface area contributed by atoms with E-state index in [0.29, 0.717) is 36.0 Å².